The van der Waals surface area contributed by atoms with Crippen LogP contribution in [0.5, 0.6) is 0 Å². The lowest BCUT2D eigenvalue weighted by Crippen LogP contribution is -2.07. The van der Waals surface area contributed by atoms with Crippen LogP contribution in [0.4, 0.5) is 5.69 Å². The van der Waals surface area contributed by atoms with Gasteiger partial charge in [0.1, 0.15) is 0 Å². The Bertz CT molecular complexity index is 331. The molecule has 1 N–H and O–H groups in total. The number of nitrogens with one attached hydrogen (secondary N) is 1. The Morgan fingerprint density at radius 1 is 1.43 bits per heavy atom. The summed E-state index contributed by atoms with van der Waals surface area (Å²) in [5.74, 6) is 0. The van der Waals surface area contributed by atoms with Crippen molar-refractivity contribution in [2.24, 2.45) is 0 Å². The Morgan fingerprint density at radius 3 is 2.71 bits per heavy atom. The maximum Gasteiger partial charge on any atom is 0.0765 e. The van der Waals surface area contributed by atoms with Gasteiger partial charge >= 0.3 is 0 Å². The van der Waals surface area contributed by atoms with E-state index in [2.05, 4.69) is 37.4 Å². The second kappa shape index (κ2) is 5.11. The third-order valence-corrected chi connectivity index (χ3v) is 2.32. The van der Waals surface area contributed by atoms with Crippen LogP contribution in [0.3, 0.4) is 0 Å². The molecule has 1 aromatic rings. The van der Waals surface area contributed by atoms with E-state index in [0.29, 0.717) is 0 Å². The van der Waals surface area contributed by atoms with Crippen LogP contribution in [0.25, 0.3) is 0 Å². The van der Waals surface area contributed by atoms with Gasteiger partial charge in [-0.3, -0.25) is 0 Å². The Hall–Kier alpha value is -0.890. The highest BCUT2D eigenvalue weighted by Crippen LogP contribution is 2.21. The van der Waals surface area contributed by atoms with Crippen molar-refractivity contribution in [1.82, 2.24) is 0 Å². The van der Waals surface area contributed by atoms with Crippen molar-refractivity contribution in [2.45, 2.75) is 33.6 Å². The summed E-state index contributed by atoms with van der Waals surface area (Å²) in [5, 5.41) is 3.23. The lowest BCUT2D eigenvalue weighted by Gasteiger charge is -2.12. The first-order valence-electron chi connectivity index (χ1n) is 5.01. The predicted octanol–water partition coefficient (Wildman–Crippen LogP) is 3.71. The molecule has 0 unspecified atom stereocenters. The van der Waals surface area contributed by atoms with Crippen LogP contribution >= 0.6 is 12.2 Å². The van der Waals surface area contributed by atoms with Crippen molar-refractivity contribution >= 4 is 22.9 Å². The zero-order valence-electron chi connectivity index (χ0n) is 9.05. The zero-order chi connectivity index (χ0) is 10.6. The Morgan fingerprint density at radius 2 is 2.14 bits per heavy atom. The average Bonchev–Trinajstić information content (AvgIpc) is 2.10. The van der Waals surface area contributed by atoms with Gasteiger partial charge in [-0.25, -0.2) is 0 Å². The second-order valence-corrected chi connectivity index (χ2v) is 4.14. The summed E-state index contributed by atoms with van der Waals surface area (Å²) in [5.41, 5.74) is 3.90. The lowest BCUT2D eigenvalue weighted by atomic mass is 10.0. The minimum atomic E-state index is 0.827. The van der Waals surface area contributed by atoms with Gasteiger partial charge in [-0.1, -0.05) is 37.7 Å². The van der Waals surface area contributed by atoms with Crippen LogP contribution in [0.2, 0.25) is 0 Å². The van der Waals surface area contributed by atoms with Crippen molar-refractivity contribution in [3.8, 4) is 0 Å². The van der Waals surface area contributed by atoms with Crippen LogP contribution in [-0.2, 0) is 6.42 Å². The molecule has 0 atom stereocenters. The summed E-state index contributed by atoms with van der Waals surface area (Å²) in [7, 11) is 0. The van der Waals surface area contributed by atoms with Gasteiger partial charge in [0.15, 0.2) is 0 Å². The lowest BCUT2D eigenvalue weighted by molar-refractivity contribution is 0.915. The summed E-state index contributed by atoms with van der Waals surface area (Å²) < 4.78 is 0. The summed E-state index contributed by atoms with van der Waals surface area (Å²) in [6.07, 6.45) is 2.27. The van der Waals surface area contributed by atoms with E-state index in [4.69, 9.17) is 12.2 Å². The van der Waals surface area contributed by atoms with Crippen molar-refractivity contribution in [1.29, 1.82) is 0 Å². The highest BCUT2D eigenvalue weighted by molar-refractivity contribution is 7.80. The first-order chi connectivity index (χ1) is 6.65. The molecule has 0 spiro atoms. The van der Waals surface area contributed by atoms with Crippen LogP contribution in [0, 0.1) is 6.92 Å². The van der Waals surface area contributed by atoms with Gasteiger partial charge in [0, 0.05) is 5.69 Å². The molecule has 0 bridgehead atoms. The standard InChI is InChI=1S/C12H17NS/c1-4-6-11-9(2)7-5-8-12(11)13-10(3)14/h5,7-8H,4,6H2,1-3H3,(H,13,14). The van der Waals surface area contributed by atoms with E-state index in [1.54, 1.807) is 0 Å². The molecule has 0 fully saturated rings. The normalized spacial score (nSPS) is 9.93. The van der Waals surface area contributed by atoms with Crippen LogP contribution in [-0.4, -0.2) is 4.99 Å². The van der Waals surface area contributed by atoms with E-state index in [0.717, 1.165) is 17.8 Å². The molecule has 76 valence electrons. The van der Waals surface area contributed by atoms with Crippen LogP contribution in [0.15, 0.2) is 18.2 Å². The molecule has 0 aliphatic heterocycles. The third kappa shape index (κ3) is 2.81. The quantitative estimate of drug-likeness (QED) is 0.758. The third-order valence-electron chi connectivity index (χ3n) is 2.22. The molecule has 1 nitrogen and oxygen atoms in total. The fourth-order valence-electron chi connectivity index (χ4n) is 1.59. The average molecular weight is 207 g/mol. The van der Waals surface area contributed by atoms with Crippen molar-refractivity contribution in [2.75, 3.05) is 5.32 Å². The number of benzene rings is 1. The van der Waals surface area contributed by atoms with Gasteiger partial charge in [-0.05, 0) is 37.5 Å². The fraction of sp³-hybridized carbons (Fsp3) is 0.417. The van der Waals surface area contributed by atoms with Crippen molar-refractivity contribution in [3.63, 3.8) is 0 Å². The highest BCUT2D eigenvalue weighted by Gasteiger charge is 2.04. The van der Waals surface area contributed by atoms with E-state index in [1.165, 1.54) is 16.8 Å². The van der Waals surface area contributed by atoms with E-state index in [9.17, 15) is 0 Å². The fourth-order valence-corrected chi connectivity index (χ4v) is 1.70. The minimum Gasteiger partial charge on any atom is -0.350 e. The smallest absolute Gasteiger partial charge is 0.0765 e. The van der Waals surface area contributed by atoms with Gasteiger partial charge in [0.2, 0.25) is 0 Å². The molecule has 0 saturated carbocycles. The minimum absolute atomic E-state index is 0.827. The molecular weight excluding hydrogens is 190 g/mol. The molecule has 0 aromatic heterocycles. The van der Waals surface area contributed by atoms with E-state index >= 15 is 0 Å². The Kier molecular flexibility index (Phi) is 4.08. The topological polar surface area (TPSA) is 12.0 Å². The van der Waals surface area contributed by atoms with Gasteiger partial charge in [0.25, 0.3) is 0 Å². The van der Waals surface area contributed by atoms with E-state index in [-0.39, 0.29) is 0 Å². The van der Waals surface area contributed by atoms with Gasteiger partial charge in [0.05, 0.1) is 4.99 Å². The summed E-state index contributed by atoms with van der Waals surface area (Å²) in [6.45, 7) is 6.25. The molecule has 0 aliphatic carbocycles. The molecule has 1 rings (SSSR count). The first kappa shape index (κ1) is 11.2. The van der Waals surface area contributed by atoms with Gasteiger partial charge in [-0.15, -0.1) is 0 Å². The number of rotatable bonds is 3. The van der Waals surface area contributed by atoms with Gasteiger partial charge in [-0.2, -0.15) is 0 Å². The molecule has 1 aromatic carbocycles. The number of hydrogen-bond donors (Lipinski definition) is 1. The highest BCUT2D eigenvalue weighted by atomic mass is 32.1. The molecule has 0 saturated heterocycles. The number of aryl methyl sites for hydroxylation is 1. The maximum absolute atomic E-state index is 5.05. The largest absolute Gasteiger partial charge is 0.350 e. The predicted molar refractivity (Wildman–Crippen MR) is 67.1 cm³/mol. The molecule has 0 heterocycles. The summed E-state index contributed by atoms with van der Waals surface area (Å²) in [6, 6.07) is 6.30. The van der Waals surface area contributed by atoms with Crippen LogP contribution < -0.4 is 5.32 Å². The monoisotopic (exact) mass is 207 g/mol. The second-order valence-electron chi connectivity index (χ2n) is 3.53. The molecule has 0 amide bonds. The Balaban J connectivity index is 3.01. The zero-order valence-corrected chi connectivity index (χ0v) is 9.87. The van der Waals surface area contributed by atoms with Crippen molar-refractivity contribution < 1.29 is 0 Å². The molecule has 2 heteroatoms. The van der Waals surface area contributed by atoms with Crippen LogP contribution in [0.1, 0.15) is 31.4 Å². The number of hydrogen-bond acceptors (Lipinski definition) is 1. The maximum atomic E-state index is 5.05. The SMILES string of the molecule is CCCc1c(C)cccc1NC(C)=S. The van der Waals surface area contributed by atoms with Gasteiger partial charge < -0.3 is 5.32 Å². The number of thiocarbonyl (C=S) groups is 1. The van der Waals surface area contributed by atoms with E-state index < -0.39 is 0 Å². The van der Waals surface area contributed by atoms with E-state index in [1.807, 2.05) is 6.92 Å². The molecule has 0 radical (unpaired) electrons. The summed E-state index contributed by atoms with van der Waals surface area (Å²) >= 11 is 5.05. The molecule has 14 heavy (non-hydrogen) atoms. The Labute approximate surface area is 91.5 Å². The number of anilines is 1. The molecular formula is C12H17NS. The summed E-state index contributed by atoms with van der Waals surface area (Å²) in [4.78, 5) is 0.827. The first-order valence-corrected chi connectivity index (χ1v) is 5.42. The molecule has 0 aliphatic rings. The van der Waals surface area contributed by atoms with Crippen molar-refractivity contribution in [3.05, 3.63) is 29.3 Å².